The number of nitrogens with zero attached hydrogens (tertiary/aromatic N) is 1. The molecule has 2 atom stereocenters. The van der Waals surface area contributed by atoms with Crippen LogP contribution in [0.15, 0.2) is 0 Å². The molecule has 1 rings (SSSR count). The molecule has 0 spiro atoms. The first-order chi connectivity index (χ1) is 8.55. The molecule has 1 saturated carbocycles. The molecule has 1 N–H and O–H groups in total. The van der Waals surface area contributed by atoms with Crippen LogP contribution in [0.2, 0.25) is 0 Å². The number of hydrogen-bond acceptors (Lipinski definition) is 2. The lowest BCUT2D eigenvalue weighted by molar-refractivity contribution is -0.129. The summed E-state index contributed by atoms with van der Waals surface area (Å²) in [6, 6.07) is 2.46. The van der Waals surface area contributed by atoms with Gasteiger partial charge < -0.3 is 5.32 Å². The van der Waals surface area contributed by atoms with Gasteiger partial charge in [-0.3, -0.25) is 4.79 Å². The van der Waals surface area contributed by atoms with Gasteiger partial charge in [0.25, 0.3) is 0 Å². The first-order valence-corrected chi connectivity index (χ1v) is 7.28. The molecule has 0 bridgehead atoms. The fourth-order valence-electron chi connectivity index (χ4n) is 2.56. The zero-order valence-corrected chi connectivity index (χ0v) is 12.0. The van der Waals surface area contributed by atoms with Crippen molar-refractivity contribution in [1.82, 2.24) is 5.32 Å². The van der Waals surface area contributed by atoms with Gasteiger partial charge in [0.05, 0.1) is 6.07 Å². The van der Waals surface area contributed by atoms with Gasteiger partial charge in [0.2, 0.25) is 5.91 Å². The predicted octanol–water partition coefficient (Wildman–Crippen LogP) is 3.40. The maximum absolute atomic E-state index is 12.4. The lowest BCUT2D eigenvalue weighted by Gasteiger charge is -2.28. The van der Waals surface area contributed by atoms with Gasteiger partial charge in [-0.05, 0) is 25.7 Å². The number of nitriles is 1. The van der Waals surface area contributed by atoms with Crippen LogP contribution < -0.4 is 5.32 Å². The van der Waals surface area contributed by atoms with Gasteiger partial charge in [-0.2, -0.15) is 5.26 Å². The van der Waals surface area contributed by atoms with Crippen molar-refractivity contribution >= 4 is 5.91 Å². The number of hydrogen-bond donors (Lipinski definition) is 1. The van der Waals surface area contributed by atoms with E-state index in [-0.39, 0.29) is 11.9 Å². The van der Waals surface area contributed by atoms with Crippen molar-refractivity contribution in [3.63, 3.8) is 0 Å². The summed E-state index contributed by atoms with van der Waals surface area (Å²) < 4.78 is 0. The molecule has 0 radical (unpaired) electrons. The average Bonchev–Trinajstić information content (AvgIpc) is 2.63. The van der Waals surface area contributed by atoms with Crippen molar-refractivity contribution < 1.29 is 4.79 Å². The summed E-state index contributed by atoms with van der Waals surface area (Å²) in [5.41, 5.74) is -0.766. The maximum Gasteiger partial charge on any atom is 0.240 e. The Labute approximate surface area is 111 Å². The van der Waals surface area contributed by atoms with Crippen LogP contribution in [0.1, 0.15) is 65.7 Å². The highest BCUT2D eigenvalue weighted by Crippen LogP contribution is 2.35. The molecule has 0 aliphatic heterocycles. The van der Waals surface area contributed by atoms with Gasteiger partial charge in [-0.15, -0.1) is 0 Å². The van der Waals surface area contributed by atoms with Crippen molar-refractivity contribution in [3.05, 3.63) is 0 Å². The minimum absolute atomic E-state index is 0.0419. The second-order valence-electron chi connectivity index (χ2n) is 5.76. The van der Waals surface area contributed by atoms with Gasteiger partial charge in [0, 0.05) is 6.04 Å². The van der Waals surface area contributed by atoms with E-state index in [9.17, 15) is 10.1 Å². The molecule has 0 aromatic carbocycles. The van der Waals surface area contributed by atoms with Crippen molar-refractivity contribution in [1.29, 1.82) is 5.26 Å². The van der Waals surface area contributed by atoms with Crippen LogP contribution in [-0.2, 0) is 4.79 Å². The summed E-state index contributed by atoms with van der Waals surface area (Å²) in [6.07, 6.45) is 6.79. The largest absolute Gasteiger partial charge is 0.352 e. The predicted molar refractivity (Wildman–Crippen MR) is 72.8 cm³/mol. The van der Waals surface area contributed by atoms with Gasteiger partial charge >= 0.3 is 0 Å². The van der Waals surface area contributed by atoms with Crippen molar-refractivity contribution in [3.8, 4) is 6.07 Å². The fraction of sp³-hybridized carbons (Fsp3) is 0.867. The highest BCUT2D eigenvalue weighted by molar-refractivity contribution is 5.85. The van der Waals surface area contributed by atoms with Crippen LogP contribution in [0.4, 0.5) is 0 Å². The van der Waals surface area contributed by atoms with E-state index in [1.165, 1.54) is 0 Å². The Kier molecular flexibility index (Phi) is 5.65. The third kappa shape index (κ3) is 3.48. The molecule has 1 aliphatic carbocycles. The van der Waals surface area contributed by atoms with Crippen LogP contribution in [0.25, 0.3) is 0 Å². The molecule has 2 unspecified atom stereocenters. The third-order valence-corrected chi connectivity index (χ3v) is 4.46. The normalized spacial score (nSPS) is 22.3. The number of nitrogens with one attached hydrogen (secondary N) is 1. The Balaban J connectivity index is 2.70. The molecule has 3 nitrogen and oxygen atoms in total. The van der Waals surface area contributed by atoms with Crippen LogP contribution in [0.3, 0.4) is 0 Å². The summed E-state index contributed by atoms with van der Waals surface area (Å²) in [4.78, 5) is 12.4. The Morgan fingerprint density at radius 3 is 2.28 bits per heavy atom. The Morgan fingerprint density at radius 2 is 1.83 bits per heavy atom. The van der Waals surface area contributed by atoms with Crippen molar-refractivity contribution in [2.45, 2.75) is 71.8 Å². The second-order valence-corrected chi connectivity index (χ2v) is 5.76. The summed E-state index contributed by atoms with van der Waals surface area (Å²) in [7, 11) is 0. The SMILES string of the molecule is CCC(C)C(C)NC(=O)C1(C#N)CCCCCC1. The van der Waals surface area contributed by atoms with E-state index in [1.807, 2.05) is 6.92 Å². The summed E-state index contributed by atoms with van der Waals surface area (Å²) in [5, 5.41) is 12.5. The third-order valence-electron chi connectivity index (χ3n) is 4.46. The Morgan fingerprint density at radius 1 is 1.28 bits per heavy atom. The van der Waals surface area contributed by atoms with Crippen LogP contribution >= 0.6 is 0 Å². The van der Waals surface area contributed by atoms with E-state index < -0.39 is 5.41 Å². The quantitative estimate of drug-likeness (QED) is 0.777. The summed E-state index contributed by atoms with van der Waals surface area (Å²) in [6.45, 7) is 6.30. The molecule has 3 heteroatoms. The second kappa shape index (κ2) is 6.78. The number of rotatable bonds is 4. The average molecular weight is 250 g/mol. The fourth-order valence-corrected chi connectivity index (χ4v) is 2.56. The van der Waals surface area contributed by atoms with Gasteiger partial charge in [0.1, 0.15) is 5.41 Å². The zero-order chi connectivity index (χ0) is 13.6. The van der Waals surface area contributed by atoms with E-state index in [1.54, 1.807) is 0 Å². The highest BCUT2D eigenvalue weighted by atomic mass is 16.2. The molecule has 0 aromatic rings. The molecule has 1 amide bonds. The molecule has 1 aliphatic rings. The van der Waals surface area contributed by atoms with E-state index in [0.29, 0.717) is 5.92 Å². The maximum atomic E-state index is 12.4. The van der Waals surface area contributed by atoms with E-state index in [4.69, 9.17) is 0 Å². The van der Waals surface area contributed by atoms with Gasteiger partial charge in [-0.25, -0.2) is 0 Å². The molecule has 1 fully saturated rings. The minimum Gasteiger partial charge on any atom is -0.352 e. The minimum atomic E-state index is -0.766. The lowest BCUT2D eigenvalue weighted by Crippen LogP contribution is -2.46. The molecular formula is C15H26N2O. The topological polar surface area (TPSA) is 52.9 Å². The van der Waals surface area contributed by atoms with Crippen LogP contribution in [0, 0.1) is 22.7 Å². The van der Waals surface area contributed by atoms with E-state index in [2.05, 4.69) is 25.2 Å². The lowest BCUT2D eigenvalue weighted by atomic mass is 9.80. The monoisotopic (exact) mass is 250 g/mol. The molecular weight excluding hydrogens is 224 g/mol. The summed E-state index contributed by atoms with van der Waals surface area (Å²) >= 11 is 0. The molecule has 102 valence electrons. The molecule has 18 heavy (non-hydrogen) atoms. The van der Waals surface area contributed by atoms with Gasteiger partial charge in [0.15, 0.2) is 0 Å². The Hall–Kier alpha value is -1.04. The van der Waals surface area contributed by atoms with Crippen molar-refractivity contribution in [2.75, 3.05) is 0 Å². The number of carbonyl (C=O) groups is 1. The van der Waals surface area contributed by atoms with Gasteiger partial charge in [-0.1, -0.05) is 46.0 Å². The zero-order valence-electron chi connectivity index (χ0n) is 12.0. The molecule has 0 aromatic heterocycles. The summed E-state index contributed by atoms with van der Waals surface area (Å²) in [5.74, 6) is 0.412. The first kappa shape index (κ1) is 15.0. The Bertz CT molecular complexity index is 311. The van der Waals surface area contributed by atoms with Crippen LogP contribution in [0.5, 0.6) is 0 Å². The van der Waals surface area contributed by atoms with Crippen molar-refractivity contribution in [2.24, 2.45) is 11.3 Å². The van der Waals surface area contributed by atoms with E-state index >= 15 is 0 Å². The van der Waals surface area contributed by atoms with Crippen LogP contribution in [-0.4, -0.2) is 11.9 Å². The smallest absolute Gasteiger partial charge is 0.240 e. The van der Waals surface area contributed by atoms with E-state index in [0.717, 1.165) is 44.9 Å². The number of carbonyl (C=O) groups excluding carboxylic acids is 1. The highest BCUT2D eigenvalue weighted by Gasteiger charge is 2.39. The molecule has 0 heterocycles. The first-order valence-electron chi connectivity index (χ1n) is 7.28. The standard InChI is InChI=1S/C15H26N2O/c1-4-12(2)13(3)17-14(18)15(11-16)9-7-5-6-8-10-15/h12-13H,4-10H2,1-3H3,(H,17,18). The molecule has 0 saturated heterocycles. The number of amides is 1.